The maximum absolute atomic E-state index is 11.9. The van der Waals surface area contributed by atoms with Gasteiger partial charge in [0.05, 0.1) is 25.3 Å². The van der Waals surface area contributed by atoms with Gasteiger partial charge in [-0.05, 0) is 43.2 Å². The Balaban J connectivity index is 1.99. The van der Waals surface area contributed by atoms with Gasteiger partial charge in [0.1, 0.15) is 5.75 Å². The molecule has 0 radical (unpaired) electrons. The topological polar surface area (TPSA) is 38.8 Å². The molecule has 1 aromatic carbocycles. The summed E-state index contributed by atoms with van der Waals surface area (Å²) in [6, 6.07) is 7.96. The summed E-state index contributed by atoms with van der Waals surface area (Å²) in [7, 11) is 3.07. The first kappa shape index (κ1) is 14.7. The van der Waals surface area contributed by atoms with Crippen LogP contribution in [0.4, 0.5) is 5.69 Å². The van der Waals surface area contributed by atoms with Gasteiger partial charge in [-0.1, -0.05) is 18.9 Å². The molecule has 1 spiro atoms. The molecule has 1 aliphatic heterocycles. The molecule has 0 aromatic heterocycles. The highest BCUT2D eigenvalue weighted by atomic mass is 16.5. The van der Waals surface area contributed by atoms with Gasteiger partial charge in [0, 0.05) is 11.9 Å². The molecule has 1 heterocycles. The SMILES string of the molecule is COC(=O)C1=CN(c2ccc(OC)cc2)C2(C=C1)CCCC2. The number of anilines is 1. The molecule has 1 fully saturated rings. The van der Waals surface area contributed by atoms with E-state index in [-0.39, 0.29) is 11.5 Å². The molecule has 1 saturated carbocycles. The molecular formula is C18H21NO3. The fourth-order valence-electron chi connectivity index (χ4n) is 3.34. The molecule has 0 N–H and O–H groups in total. The number of ether oxygens (including phenoxy) is 2. The molecule has 22 heavy (non-hydrogen) atoms. The van der Waals surface area contributed by atoms with Crippen molar-refractivity contribution in [3.63, 3.8) is 0 Å². The number of methoxy groups -OCH3 is 2. The Bertz CT molecular complexity index is 610. The number of carbonyl (C=O) groups excluding carboxylic acids is 1. The van der Waals surface area contributed by atoms with E-state index in [0.29, 0.717) is 5.57 Å². The van der Waals surface area contributed by atoms with Crippen molar-refractivity contribution in [3.05, 3.63) is 48.2 Å². The summed E-state index contributed by atoms with van der Waals surface area (Å²) < 4.78 is 10.1. The van der Waals surface area contributed by atoms with Crippen LogP contribution in [-0.4, -0.2) is 25.7 Å². The molecule has 2 aliphatic rings. The van der Waals surface area contributed by atoms with E-state index in [9.17, 15) is 4.79 Å². The first-order valence-electron chi connectivity index (χ1n) is 7.61. The van der Waals surface area contributed by atoms with E-state index in [2.05, 4.69) is 11.0 Å². The zero-order valence-corrected chi connectivity index (χ0v) is 13.0. The van der Waals surface area contributed by atoms with Gasteiger partial charge in [0.25, 0.3) is 0 Å². The predicted octanol–water partition coefficient (Wildman–Crippen LogP) is 3.44. The van der Waals surface area contributed by atoms with E-state index in [1.807, 2.05) is 36.5 Å². The Hall–Kier alpha value is -2.23. The maximum Gasteiger partial charge on any atom is 0.339 e. The van der Waals surface area contributed by atoms with Gasteiger partial charge < -0.3 is 14.4 Å². The molecule has 4 heteroatoms. The molecule has 0 unspecified atom stereocenters. The van der Waals surface area contributed by atoms with Crippen LogP contribution in [0.3, 0.4) is 0 Å². The summed E-state index contributed by atoms with van der Waals surface area (Å²) in [5.74, 6) is 0.525. The average Bonchev–Trinajstić information content (AvgIpc) is 3.04. The second-order valence-corrected chi connectivity index (χ2v) is 5.79. The van der Waals surface area contributed by atoms with Crippen LogP contribution in [0.2, 0.25) is 0 Å². The molecule has 1 aliphatic carbocycles. The quantitative estimate of drug-likeness (QED) is 0.801. The van der Waals surface area contributed by atoms with Gasteiger partial charge in [0.2, 0.25) is 0 Å². The van der Waals surface area contributed by atoms with Crippen LogP contribution in [0.1, 0.15) is 25.7 Å². The number of benzene rings is 1. The summed E-state index contributed by atoms with van der Waals surface area (Å²) in [4.78, 5) is 14.1. The number of hydrogen-bond donors (Lipinski definition) is 0. The van der Waals surface area contributed by atoms with Crippen molar-refractivity contribution >= 4 is 11.7 Å². The van der Waals surface area contributed by atoms with Crippen LogP contribution in [0.25, 0.3) is 0 Å². The summed E-state index contributed by atoms with van der Waals surface area (Å²) in [6.07, 6.45) is 10.6. The summed E-state index contributed by atoms with van der Waals surface area (Å²) >= 11 is 0. The molecule has 0 bridgehead atoms. The van der Waals surface area contributed by atoms with Gasteiger partial charge >= 0.3 is 5.97 Å². The van der Waals surface area contributed by atoms with Crippen LogP contribution >= 0.6 is 0 Å². The summed E-state index contributed by atoms with van der Waals surface area (Å²) in [5, 5.41) is 0. The van der Waals surface area contributed by atoms with E-state index in [0.717, 1.165) is 24.3 Å². The van der Waals surface area contributed by atoms with Gasteiger partial charge in [-0.2, -0.15) is 0 Å². The zero-order chi connectivity index (χ0) is 15.6. The van der Waals surface area contributed by atoms with Crippen molar-refractivity contribution in [2.24, 2.45) is 0 Å². The summed E-state index contributed by atoms with van der Waals surface area (Å²) in [5.41, 5.74) is 1.62. The third kappa shape index (κ3) is 2.49. The van der Waals surface area contributed by atoms with Crippen LogP contribution < -0.4 is 9.64 Å². The lowest BCUT2D eigenvalue weighted by atomic mass is 9.90. The Morgan fingerprint density at radius 1 is 1.14 bits per heavy atom. The van der Waals surface area contributed by atoms with E-state index < -0.39 is 0 Å². The normalized spacial score (nSPS) is 19.2. The Morgan fingerprint density at radius 2 is 1.82 bits per heavy atom. The molecule has 4 nitrogen and oxygen atoms in total. The monoisotopic (exact) mass is 299 g/mol. The van der Waals surface area contributed by atoms with Crippen molar-refractivity contribution in [1.29, 1.82) is 0 Å². The molecule has 0 saturated heterocycles. The highest BCUT2D eigenvalue weighted by Gasteiger charge is 2.39. The number of carbonyl (C=O) groups is 1. The van der Waals surface area contributed by atoms with Crippen LogP contribution in [0, 0.1) is 0 Å². The van der Waals surface area contributed by atoms with E-state index in [4.69, 9.17) is 9.47 Å². The van der Waals surface area contributed by atoms with Crippen molar-refractivity contribution < 1.29 is 14.3 Å². The largest absolute Gasteiger partial charge is 0.497 e. The Kier molecular flexibility index (Phi) is 3.92. The molecule has 3 rings (SSSR count). The van der Waals surface area contributed by atoms with Crippen LogP contribution in [0.15, 0.2) is 48.2 Å². The predicted molar refractivity (Wildman–Crippen MR) is 85.9 cm³/mol. The zero-order valence-electron chi connectivity index (χ0n) is 13.0. The first-order valence-corrected chi connectivity index (χ1v) is 7.61. The van der Waals surface area contributed by atoms with Gasteiger partial charge in [-0.15, -0.1) is 0 Å². The lowest BCUT2D eigenvalue weighted by molar-refractivity contribution is -0.135. The lowest BCUT2D eigenvalue weighted by Crippen LogP contribution is -2.44. The van der Waals surface area contributed by atoms with E-state index in [1.54, 1.807) is 7.11 Å². The number of hydrogen-bond acceptors (Lipinski definition) is 4. The first-order chi connectivity index (χ1) is 10.7. The molecule has 0 atom stereocenters. The highest BCUT2D eigenvalue weighted by molar-refractivity contribution is 5.92. The highest BCUT2D eigenvalue weighted by Crippen LogP contribution is 2.42. The fraction of sp³-hybridized carbons (Fsp3) is 0.389. The van der Waals surface area contributed by atoms with Crippen molar-refractivity contribution in [2.75, 3.05) is 19.1 Å². The standard InChI is InChI=1S/C18H21NO3/c1-21-16-7-5-15(6-8-16)19-13-14(17(20)22-2)9-12-18(19)10-3-4-11-18/h5-9,12-13H,3-4,10-11H2,1-2H3. The number of nitrogens with zero attached hydrogens (tertiary/aromatic N) is 1. The molecule has 0 amide bonds. The van der Waals surface area contributed by atoms with Crippen molar-refractivity contribution in [2.45, 2.75) is 31.2 Å². The average molecular weight is 299 g/mol. The minimum Gasteiger partial charge on any atom is -0.497 e. The minimum atomic E-state index is -0.303. The van der Waals surface area contributed by atoms with Crippen LogP contribution in [-0.2, 0) is 9.53 Å². The van der Waals surface area contributed by atoms with Gasteiger partial charge in [-0.3, -0.25) is 0 Å². The molecular weight excluding hydrogens is 278 g/mol. The smallest absolute Gasteiger partial charge is 0.339 e. The number of rotatable bonds is 3. The van der Waals surface area contributed by atoms with Crippen molar-refractivity contribution in [1.82, 2.24) is 0 Å². The fourth-order valence-corrected chi connectivity index (χ4v) is 3.34. The Morgan fingerprint density at radius 3 is 2.41 bits per heavy atom. The third-order valence-electron chi connectivity index (χ3n) is 4.56. The molecule has 1 aromatic rings. The minimum absolute atomic E-state index is 0.0217. The van der Waals surface area contributed by atoms with Crippen LogP contribution in [0.5, 0.6) is 5.75 Å². The third-order valence-corrected chi connectivity index (χ3v) is 4.56. The lowest BCUT2D eigenvalue weighted by Gasteiger charge is -2.41. The number of esters is 1. The Labute approximate surface area is 131 Å². The van der Waals surface area contributed by atoms with Gasteiger partial charge in [-0.25, -0.2) is 4.79 Å². The second kappa shape index (κ2) is 5.87. The molecule has 116 valence electrons. The van der Waals surface area contributed by atoms with Crippen molar-refractivity contribution in [3.8, 4) is 5.75 Å². The van der Waals surface area contributed by atoms with E-state index in [1.165, 1.54) is 20.0 Å². The second-order valence-electron chi connectivity index (χ2n) is 5.79. The van der Waals surface area contributed by atoms with E-state index >= 15 is 0 Å². The summed E-state index contributed by atoms with van der Waals surface area (Å²) in [6.45, 7) is 0. The van der Waals surface area contributed by atoms with Gasteiger partial charge in [0.15, 0.2) is 0 Å². The maximum atomic E-state index is 11.9.